The van der Waals surface area contributed by atoms with Crippen molar-refractivity contribution in [1.29, 1.82) is 5.26 Å². The molecule has 0 saturated carbocycles. The van der Waals surface area contributed by atoms with Gasteiger partial charge in [-0.05, 0) is 43.7 Å². The Morgan fingerprint density at radius 1 is 1.19 bits per heavy atom. The van der Waals surface area contributed by atoms with Gasteiger partial charge in [0, 0.05) is 18.5 Å². The highest BCUT2D eigenvalue weighted by Crippen LogP contribution is 2.35. The Kier molecular flexibility index (Phi) is 5.44. The molecule has 0 atom stereocenters. The first-order valence-electron chi connectivity index (χ1n) is 9.59. The summed E-state index contributed by atoms with van der Waals surface area (Å²) in [7, 11) is 0. The van der Waals surface area contributed by atoms with E-state index in [4.69, 9.17) is 10.5 Å². The van der Waals surface area contributed by atoms with E-state index in [0.29, 0.717) is 47.3 Å². The van der Waals surface area contributed by atoms with Gasteiger partial charge >= 0.3 is 0 Å². The van der Waals surface area contributed by atoms with Gasteiger partial charge in [-0.3, -0.25) is 0 Å². The van der Waals surface area contributed by atoms with Crippen LogP contribution >= 0.6 is 0 Å². The van der Waals surface area contributed by atoms with E-state index in [0.717, 1.165) is 5.56 Å². The maximum Gasteiger partial charge on any atom is 0.282 e. The number of rotatable bonds is 6. The fourth-order valence-corrected chi connectivity index (χ4v) is 3.18. The van der Waals surface area contributed by atoms with Gasteiger partial charge in [-0.2, -0.15) is 10.2 Å². The molecule has 0 spiro atoms. The van der Waals surface area contributed by atoms with Crippen LogP contribution in [0.4, 0.5) is 14.6 Å². The van der Waals surface area contributed by atoms with Crippen molar-refractivity contribution in [2.24, 2.45) is 5.73 Å². The Morgan fingerprint density at radius 3 is 2.58 bits per heavy atom. The molecule has 1 aliphatic rings. The number of ether oxygens (including phenoxy) is 1. The van der Waals surface area contributed by atoms with Gasteiger partial charge in [0.25, 0.3) is 5.92 Å². The van der Waals surface area contributed by atoms with Crippen LogP contribution in [0.15, 0.2) is 36.7 Å². The zero-order valence-electron chi connectivity index (χ0n) is 16.7. The Hall–Kier alpha value is -3.71. The number of halogens is 2. The summed E-state index contributed by atoms with van der Waals surface area (Å²) in [5.74, 6) is -1.08. The van der Waals surface area contributed by atoms with Gasteiger partial charge in [0.2, 0.25) is 5.88 Å². The lowest BCUT2D eigenvalue weighted by molar-refractivity contribution is -0.0267. The van der Waals surface area contributed by atoms with Crippen LogP contribution in [0, 0.1) is 18.3 Å². The molecule has 4 rings (SSSR count). The Morgan fingerprint density at radius 2 is 1.94 bits per heavy atom. The lowest BCUT2D eigenvalue weighted by atomic mass is 10.1. The monoisotopic (exact) mass is 423 g/mol. The second-order valence-corrected chi connectivity index (χ2v) is 7.20. The predicted octanol–water partition coefficient (Wildman–Crippen LogP) is 2.86. The molecule has 3 aromatic rings. The van der Waals surface area contributed by atoms with E-state index in [1.165, 1.54) is 11.0 Å². The first-order valence-corrected chi connectivity index (χ1v) is 9.59. The summed E-state index contributed by atoms with van der Waals surface area (Å²) >= 11 is 0. The quantitative estimate of drug-likeness (QED) is 0.644. The summed E-state index contributed by atoms with van der Waals surface area (Å²) in [5.41, 5.74) is 7.41. The number of hydrogen-bond acceptors (Lipinski definition) is 8. The highest BCUT2D eigenvalue weighted by molar-refractivity contribution is 5.66. The van der Waals surface area contributed by atoms with Crippen molar-refractivity contribution in [2.45, 2.75) is 19.3 Å². The van der Waals surface area contributed by atoms with E-state index >= 15 is 0 Å². The summed E-state index contributed by atoms with van der Waals surface area (Å²) in [4.78, 5) is 18.7. The van der Waals surface area contributed by atoms with Gasteiger partial charge < -0.3 is 15.4 Å². The molecular formula is C21H19F2N7O. The highest BCUT2D eigenvalue weighted by Gasteiger charge is 2.44. The minimum Gasteiger partial charge on any atom is -0.438 e. The van der Waals surface area contributed by atoms with Gasteiger partial charge in [-0.15, -0.1) is 0 Å². The first-order chi connectivity index (χ1) is 14.9. The zero-order chi connectivity index (χ0) is 22.0. The molecular weight excluding hydrogens is 404 g/mol. The topological polar surface area (TPSA) is 114 Å². The van der Waals surface area contributed by atoms with Crippen molar-refractivity contribution in [1.82, 2.24) is 19.9 Å². The summed E-state index contributed by atoms with van der Waals surface area (Å²) in [6.45, 7) is 1.34. The fourth-order valence-electron chi connectivity index (χ4n) is 3.18. The third kappa shape index (κ3) is 4.57. The van der Waals surface area contributed by atoms with Crippen LogP contribution in [0.1, 0.15) is 17.0 Å². The Labute approximate surface area is 177 Å². The molecule has 158 valence electrons. The lowest BCUT2D eigenvalue weighted by Gasteiger charge is -2.39. The van der Waals surface area contributed by atoms with Crippen LogP contribution in [0.3, 0.4) is 0 Å². The molecule has 10 heteroatoms. The number of aromatic nitrogens is 4. The molecule has 8 nitrogen and oxygen atoms in total. The standard InChI is InChI=1S/C21H19F2N7O/c1-13-28-18(30-11-21(22,23)12-30)7-19(29-13)31-17-6-14(8-25)2-3-16(17)20-26-9-15(4-5-24)10-27-20/h2-3,6-7,9-10H,4-5,11-12,24H2,1H3. The molecule has 1 fully saturated rings. The van der Waals surface area contributed by atoms with Crippen LogP contribution in [0.2, 0.25) is 0 Å². The van der Waals surface area contributed by atoms with Crippen molar-refractivity contribution >= 4 is 5.82 Å². The number of benzene rings is 1. The van der Waals surface area contributed by atoms with E-state index in [1.54, 1.807) is 37.5 Å². The number of aryl methyl sites for hydroxylation is 1. The van der Waals surface area contributed by atoms with Crippen molar-refractivity contribution < 1.29 is 13.5 Å². The van der Waals surface area contributed by atoms with Crippen molar-refractivity contribution in [2.75, 3.05) is 24.5 Å². The Balaban J connectivity index is 1.66. The Bertz CT molecular complexity index is 1140. The van der Waals surface area contributed by atoms with Gasteiger partial charge in [0.1, 0.15) is 17.4 Å². The molecule has 2 aromatic heterocycles. The van der Waals surface area contributed by atoms with E-state index in [1.807, 2.05) is 0 Å². The maximum absolute atomic E-state index is 13.3. The summed E-state index contributed by atoms with van der Waals surface area (Å²) in [5, 5.41) is 9.28. The average Bonchev–Trinajstić information content (AvgIpc) is 2.72. The molecule has 0 bridgehead atoms. The second kappa shape index (κ2) is 8.20. The molecule has 1 aliphatic heterocycles. The second-order valence-electron chi connectivity index (χ2n) is 7.20. The molecule has 3 heterocycles. The smallest absolute Gasteiger partial charge is 0.282 e. The van der Waals surface area contributed by atoms with E-state index in [-0.39, 0.29) is 5.88 Å². The number of anilines is 1. The van der Waals surface area contributed by atoms with Crippen molar-refractivity contribution in [3.63, 3.8) is 0 Å². The van der Waals surface area contributed by atoms with Gasteiger partial charge in [-0.1, -0.05) is 0 Å². The highest BCUT2D eigenvalue weighted by atomic mass is 19.3. The molecule has 0 aliphatic carbocycles. The summed E-state index contributed by atoms with van der Waals surface area (Å²) < 4.78 is 32.5. The van der Waals surface area contributed by atoms with Crippen LogP contribution in [0.25, 0.3) is 11.4 Å². The predicted molar refractivity (Wildman–Crippen MR) is 109 cm³/mol. The van der Waals surface area contributed by atoms with Gasteiger partial charge in [0.05, 0.1) is 30.3 Å². The van der Waals surface area contributed by atoms with E-state index in [9.17, 15) is 14.0 Å². The normalized spacial score (nSPS) is 14.6. The van der Waals surface area contributed by atoms with Crippen molar-refractivity contribution in [3.05, 3.63) is 53.6 Å². The average molecular weight is 423 g/mol. The van der Waals surface area contributed by atoms with Crippen LogP contribution in [-0.4, -0.2) is 45.5 Å². The fraction of sp³-hybridized carbons (Fsp3) is 0.286. The van der Waals surface area contributed by atoms with Gasteiger partial charge in [0.15, 0.2) is 5.82 Å². The molecule has 0 radical (unpaired) electrons. The van der Waals surface area contributed by atoms with Crippen LogP contribution in [-0.2, 0) is 6.42 Å². The van der Waals surface area contributed by atoms with E-state index < -0.39 is 19.0 Å². The number of hydrogen-bond donors (Lipinski definition) is 1. The lowest BCUT2D eigenvalue weighted by Crippen LogP contribution is -2.56. The number of nitrogens with zero attached hydrogens (tertiary/aromatic N) is 6. The summed E-state index contributed by atoms with van der Waals surface area (Å²) in [6, 6.07) is 8.45. The third-order valence-corrected chi connectivity index (χ3v) is 4.67. The van der Waals surface area contributed by atoms with Crippen molar-refractivity contribution in [3.8, 4) is 29.1 Å². The molecule has 1 saturated heterocycles. The molecule has 1 aromatic carbocycles. The first kappa shape index (κ1) is 20.6. The number of alkyl halides is 2. The van der Waals surface area contributed by atoms with Crippen LogP contribution in [0.5, 0.6) is 11.6 Å². The van der Waals surface area contributed by atoms with Gasteiger partial charge in [-0.25, -0.2) is 23.7 Å². The SMILES string of the molecule is Cc1nc(Oc2cc(C#N)ccc2-c2ncc(CCN)cn2)cc(N2CC(F)(F)C2)n1. The van der Waals surface area contributed by atoms with E-state index in [2.05, 4.69) is 26.0 Å². The molecule has 31 heavy (non-hydrogen) atoms. The third-order valence-electron chi connectivity index (χ3n) is 4.67. The number of nitrogens with two attached hydrogens (primary N) is 1. The minimum atomic E-state index is -2.72. The zero-order valence-corrected chi connectivity index (χ0v) is 16.7. The molecule has 0 amide bonds. The minimum absolute atomic E-state index is 0.175. The molecule has 2 N–H and O–H groups in total. The van der Waals surface area contributed by atoms with Crippen LogP contribution < -0.4 is 15.4 Å². The largest absolute Gasteiger partial charge is 0.438 e. The number of nitriles is 1. The summed E-state index contributed by atoms with van der Waals surface area (Å²) in [6.07, 6.45) is 4.04. The maximum atomic E-state index is 13.3. The molecule has 0 unspecified atom stereocenters.